The average Bonchev–Trinajstić information content (AvgIpc) is 3.97. The summed E-state index contributed by atoms with van der Waals surface area (Å²) in [6.07, 6.45) is 0. The normalized spacial score (nSPS) is 11.9. The topological polar surface area (TPSA) is 26.9 Å². The van der Waals surface area contributed by atoms with Gasteiger partial charge < -0.3 is 13.7 Å². The van der Waals surface area contributed by atoms with E-state index < -0.39 is 23.0 Å². The molecule has 2 aromatic heterocycles. The molecule has 0 fully saturated rings. The van der Waals surface area contributed by atoms with Crippen LogP contribution in [0.1, 0.15) is 0 Å². The van der Waals surface area contributed by atoms with Crippen LogP contribution in [0.15, 0.2) is 285 Å². The van der Waals surface area contributed by atoms with E-state index in [1.165, 1.54) is 53.4 Å². The first kappa shape index (κ1) is 44.1. The van der Waals surface area contributed by atoms with E-state index in [-0.39, 0.29) is 0 Å². The fourth-order valence-electron chi connectivity index (χ4n) is 10.7. The molecule has 0 atom stereocenters. The van der Waals surface area contributed by atoms with Crippen molar-refractivity contribution in [2.75, 3.05) is 0 Å². The van der Waals surface area contributed by atoms with Gasteiger partial charge >= 0.3 is 0 Å². The molecule has 0 saturated heterocycles. The third-order valence-corrected chi connectivity index (χ3v) is 21.8. The first-order chi connectivity index (χ1) is 35.6. The van der Waals surface area contributed by atoms with Gasteiger partial charge in [0.25, 0.3) is 0 Å². The van der Waals surface area contributed by atoms with E-state index in [1.807, 2.05) is 60.7 Å². The predicted octanol–water partition coefficient (Wildman–Crippen LogP) is 13.0. The highest BCUT2D eigenvalue weighted by Gasteiger charge is 2.32. The van der Waals surface area contributed by atoms with Crippen molar-refractivity contribution in [2.45, 2.75) is 0 Å². The lowest BCUT2D eigenvalue weighted by Crippen LogP contribution is -2.26. The lowest BCUT2D eigenvalue weighted by molar-refractivity contribution is 0.592. The Labute approximate surface area is 422 Å². The van der Waals surface area contributed by atoms with Crippen LogP contribution in [0.3, 0.4) is 0 Å². The Morgan fingerprint density at radius 1 is 0.250 bits per heavy atom. The predicted molar refractivity (Wildman–Crippen MR) is 312 cm³/mol. The Morgan fingerprint density at radius 2 is 0.556 bits per heavy atom. The van der Waals surface area contributed by atoms with E-state index in [9.17, 15) is 0 Å². The van der Waals surface area contributed by atoms with Crippen molar-refractivity contribution in [1.29, 1.82) is 0 Å². The van der Waals surface area contributed by atoms with Crippen molar-refractivity contribution < 1.29 is 4.57 Å². The van der Waals surface area contributed by atoms with Crippen LogP contribution >= 0.6 is 23.0 Å². The summed E-state index contributed by atoms with van der Waals surface area (Å²) >= 11 is 0. The molecule has 2 heterocycles. The Hall–Kier alpha value is -7.89. The fourth-order valence-corrected chi connectivity index (χ4v) is 18.0. The lowest BCUT2D eigenvalue weighted by atomic mass is 10.1. The second kappa shape index (κ2) is 18.7. The molecule has 0 bridgehead atoms. The largest absolute Gasteiger partial charge is 0.309 e. The first-order valence-electron chi connectivity index (χ1n) is 24.4. The van der Waals surface area contributed by atoms with Gasteiger partial charge in [-0.3, -0.25) is 0 Å². The zero-order valence-corrected chi connectivity index (χ0v) is 42.0. The molecule has 6 heteroatoms. The van der Waals surface area contributed by atoms with E-state index in [2.05, 4.69) is 234 Å². The number of hydrogen-bond donors (Lipinski definition) is 0. The molecule has 0 spiro atoms. The molecule has 0 aliphatic rings. The van der Waals surface area contributed by atoms with Gasteiger partial charge in [-0.25, -0.2) is 0 Å². The standard InChI is InChI=1S/C66H47N2OP3/c69-72(56-31-15-5-16-32-56,57-33-17-6-18-34-57)58-44-48(67-63-37-21-19-35-59(63)60-36-20-22-38-64(60)67)43-49(45-58)68-65-41-39-54(70(50-23-7-1-8-24-50)51-25-9-2-10-26-51)46-61(65)62-47-55(40-42-66(62)68)71(52-27-11-3-12-28-52)53-29-13-4-14-30-53/h1-47H. The van der Waals surface area contributed by atoms with Gasteiger partial charge in [-0.05, 0) is 102 Å². The highest BCUT2D eigenvalue weighted by atomic mass is 31.2. The molecule has 13 aromatic rings. The van der Waals surface area contributed by atoms with Gasteiger partial charge in [-0.15, -0.1) is 0 Å². The minimum Gasteiger partial charge on any atom is -0.309 e. The van der Waals surface area contributed by atoms with Crippen LogP contribution in [0.4, 0.5) is 0 Å². The molecule has 72 heavy (non-hydrogen) atoms. The number of nitrogens with zero attached hydrogens (tertiary/aromatic N) is 2. The maximum Gasteiger partial charge on any atom is 0.171 e. The van der Waals surface area contributed by atoms with E-state index in [0.717, 1.165) is 49.4 Å². The minimum atomic E-state index is -3.47. The number of hydrogen-bond acceptors (Lipinski definition) is 1. The van der Waals surface area contributed by atoms with Crippen LogP contribution in [0, 0.1) is 0 Å². The van der Waals surface area contributed by atoms with Gasteiger partial charge in [-0.1, -0.05) is 231 Å². The van der Waals surface area contributed by atoms with Crippen LogP contribution in [0.5, 0.6) is 0 Å². The smallest absolute Gasteiger partial charge is 0.171 e. The molecule has 342 valence electrons. The first-order valence-corrected chi connectivity index (χ1v) is 28.8. The fraction of sp³-hybridized carbons (Fsp3) is 0. The van der Waals surface area contributed by atoms with Crippen LogP contribution in [-0.2, 0) is 4.57 Å². The maximum atomic E-state index is 16.7. The zero-order valence-electron chi connectivity index (χ0n) is 39.3. The SMILES string of the molecule is O=P(c1ccccc1)(c1ccccc1)c1cc(-n2c3ccccc3c3ccccc32)cc(-n2c3ccc(P(c4ccccc4)c4ccccc4)cc3c3cc(P(c4ccccc4)c4ccccc4)ccc32)c1. The number of rotatable bonds is 11. The van der Waals surface area contributed by atoms with Gasteiger partial charge in [0, 0.05) is 48.8 Å². The Bertz CT molecular complexity index is 3810. The van der Waals surface area contributed by atoms with Crippen molar-refractivity contribution in [2.24, 2.45) is 0 Å². The van der Waals surface area contributed by atoms with E-state index in [0.29, 0.717) is 0 Å². The summed E-state index contributed by atoms with van der Waals surface area (Å²) in [5, 5.41) is 14.9. The van der Waals surface area contributed by atoms with Gasteiger partial charge in [0.1, 0.15) is 0 Å². The van der Waals surface area contributed by atoms with Crippen molar-refractivity contribution >= 4 is 114 Å². The second-order valence-electron chi connectivity index (χ2n) is 18.1. The van der Waals surface area contributed by atoms with Gasteiger partial charge in [0.15, 0.2) is 7.14 Å². The van der Waals surface area contributed by atoms with Gasteiger partial charge in [0.05, 0.1) is 22.1 Å². The third-order valence-electron chi connectivity index (χ3n) is 13.9. The van der Waals surface area contributed by atoms with Gasteiger partial charge in [0.2, 0.25) is 0 Å². The zero-order chi connectivity index (χ0) is 48.0. The van der Waals surface area contributed by atoms with E-state index in [1.54, 1.807) is 0 Å². The quantitative estimate of drug-likeness (QED) is 0.119. The Kier molecular flexibility index (Phi) is 11.4. The summed E-state index contributed by atoms with van der Waals surface area (Å²) in [7, 11) is -5.26. The summed E-state index contributed by atoms with van der Waals surface area (Å²) in [6, 6.07) is 102. The van der Waals surface area contributed by atoms with Crippen LogP contribution in [-0.4, -0.2) is 9.13 Å². The summed E-state index contributed by atoms with van der Waals surface area (Å²) in [5.41, 5.74) is 6.26. The minimum absolute atomic E-state index is 0.769. The molecule has 0 N–H and O–H groups in total. The van der Waals surface area contributed by atoms with E-state index in [4.69, 9.17) is 0 Å². The van der Waals surface area contributed by atoms with Crippen molar-refractivity contribution in [3.63, 3.8) is 0 Å². The molecule has 11 aromatic carbocycles. The molecule has 0 aliphatic heterocycles. The van der Waals surface area contributed by atoms with Crippen molar-refractivity contribution in [3.05, 3.63) is 285 Å². The summed E-state index contributed by atoms with van der Waals surface area (Å²) in [5.74, 6) is 0. The Morgan fingerprint density at radius 3 is 0.917 bits per heavy atom. The Balaban J connectivity index is 1.13. The van der Waals surface area contributed by atoms with Crippen molar-refractivity contribution in [1.82, 2.24) is 9.13 Å². The highest BCUT2D eigenvalue weighted by molar-refractivity contribution is 7.85. The third kappa shape index (κ3) is 7.65. The summed E-state index contributed by atoms with van der Waals surface area (Å²) < 4.78 is 21.5. The molecule has 0 saturated carbocycles. The molecule has 13 rings (SSSR count). The highest BCUT2D eigenvalue weighted by Crippen LogP contribution is 2.46. The molecule has 0 aliphatic carbocycles. The van der Waals surface area contributed by atoms with Crippen LogP contribution in [0.25, 0.3) is 55.0 Å². The molecule has 0 radical (unpaired) electrons. The molecule has 0 amide bonds. The molecular weight excluding hydrogens is 930 g/mol. The molecular formula is C66H47N2OP3. The van der Waals surface area contributed by atoms with E-state index >= 15 is 4.57 Å². The average molecular weight is 977 g/mol. The van der Waals surface area contributed by atoms with Crippen LogP contribution < -0.4 is 47.7 Å². The number of fused-ring (bicyclic) bond motifs is 6. The van der Waals surface area contributed by atoms with Gasteiger partial charge in [-0.2, -0.15) is 0 Å². The van der Waals surface area contributed by atoms with Crippen molar-refractivity contribution in [3.8, 4) is 11.4 Å². The lowest BCUT2D eigenvalue weighted by Gasteiger charge is -2.23. The molecule has 0 unspecified atom stereocenters. The number of para-hydroxylation sites is 2. The number of benzene rings is 11. The number of aromatic nitrogens is 2. The summed E-state index contributed by atoms with van der Waals surface area (Å²) in [4.78, 5) is 0. The van der Waals surface area contributed by atoms with Crippen LogP contribution in [0.2, 0.25) is 0 Å². The molecule has 3 nitrogen and oxygen atoms in total. The summed E-state index contributed by atoms with van der Waals surface area (Å²) in [6.45, 7) is 0. The second-order valence-corrected chi connectivity index (χ2v) is 25.3. The maximum absolute atomic E-state index is 16.7. The monoisotopic (exact) mass is 976 g/mol.